The maximum atomic E-state index is 4.40. The summed E-state index contributed by atoms with van der Waals surface area (Å²) in [5.74, 6) is 0. The normalized spacial score (nSPS) is 12.5. The molecule has 1 heterocycles. The summed E-state index contributed by atoms with van der Waals surface area (Å²) in [7, 11) is 1.98. The highest BCUT2D eigenvalue weighted by Gasteiger charge is 2.09. The van der Waals surface area contributed by atoms with E-state index in [1.54, 1.807) is 0 Å². The largest absolute Gasteiger partial charge is 0.312 e. The molecule has 2 heteroatoms. The van der Waals surface area contributed by atoms with Gasteiger partial charge in [-0.2, -0.15) is 0 Å². The van der Waals surface area contributed by atoms with E-state index in [0.717, 1.165) is 18.5 Å². The Morgan fingerprint density at radius 1 is 1.60 bits per heavy atom. The van der Waals surface area contributed by atoms with Crippen LogP contribution in [0.25, 0.3) is 0 Å². The van der Waals surface area contributed by atoms with E-state index in [1.807, 2.05) is 19.3 Å². The van der Waals surface area contributed by atoms with Gasteiger partial charge in [-0.1, -0.05) is 5.57 Å². The second-order valence-corrected chi connectivity index (χ2v) is 4.10. The van der Waals surface area contributed by atoms with Crippen LogP contribution in [-0.4, -0.2) is 12.0 Å². The van der Waals surface area contributed by atoms with Crippen molar-refractivity contribution in [2.45, 2.75) is 32.7 Å². The van der Waals surface area contributed by atoms with Gasteiger partial charge in [-0.25, -0.2) is 0 Å². The zero-order valence-electron chi connectivity index (χ0n) is 9.88. The second-order valence-electron chi connectivity index (χ2n) is 4.10. The molecule has 1 aromatic rings. The molecule has 1 atom stereocenters. The number of aromatic nitrogens is 1. The zero-order chi connectivity index (χ0) is 11.3. The minimum atomic E-state index is 0.335. The summed E-state index contributed by atoms with van der Waals surface area (Å²) < 4.78 is 0. The monoisotopic (exact) mass is 204 g/mol. The van der Waals surface area contributed by atoms with Crippen LogP contribution in [0.4, 0.5) is 0 Å². The van der Waals surface area contributed by atoms with Crippen molar-refractivity contribution < 1.29 is 0 Å². The third-order valence-electron chi connectivity index (χ3n) is 2.50. The molecule has 0 bridgehead atoms. The number of hydrogen-bond acceptors (Lipinski definition) is 2. The molecule has 1 N–H and O–H groups in total. The highest BCUT2D eigenvalue weighted by atomic mass is 14.9. The summed E-state index contributed by atoms with van der Waals surface area (Å²) in [6.45, 7) is 8.08. The third-order valence-corrected chi connectivity index (χ3v) is 2.50. The van der Waals surface area contributed by atoms with E-state index in [0.29, 0.717) is 6.04 Å². The molecule has 0 saturated carbocycles. The van der Waals surface area contributed by atoms with Crippen LogP contribution in [0.5, 0.6) is 0 Å². The predicted octanol–water partition coefficient (Wildman–Crippen LogP) is 3.01. The van der Waals surface area contributed by atoms with Crippen molar-refractivity contribution in [3.63, 3.8) is 0 Å². The van der Waals surface area contributed by atoms with Crippen molar-refractivity contribution in [3.8, 4) is 0 Å². The first-order chi connectivity index (χ1) is 7.13. The Labute approximate surface area is 92.4 Å². The number of allylic oxidation sites excluding steroid dienone is 1. The summed E-state index contributed by atoms with van der Waals surface area (Å²) in [4.78, 5) is 4.40. The van der Waals surface area contributed by atoms with Gasteiger partial charge in [-0.3, -0.25) is 4.98 Å². The first kappa shape index (κ1) is 11.9. The minimum absolute atomic E-state index is 0.335. The fraction of sp³-hybridized carbons (Fsp3) is 0.462. The number of nitrogens with zero attached hydrogens (tertiary/aromatic N) is 1. The average molecular weight is 204 g/mol. The van der Waals surface area contributed by atoms with Crippen LogP contribution in [0.3, 0.4) is 0 Å². The smallest absolute Gasteiger partial charge is 0.0575 e. The molecule has 15 heavy (non-hydrogen) atoms. The first-order valence-electron chi connectivity index (χ1n) is 5.37. The molecule has 0 saturated heterocycles. The van der Waals surface area contributed by atoms with Gasteiger partial charge in [0, 0.05) is 12.2 Å². The maximum absolute atomic E-state index is 4.40. The quantitative estimate of drug-likeness (QED) is 0.746. The van der Waals surface area contributed by atoms with E-state index < -0.39 is 0 Å². The molecule has 82 valence electrons. The molecule has 0 radical (unpaired) electrons. The summed E-state index contributed by atoms with van der Waals surface area (Å²) in [6.07, 6.45) is 3.97. The molecule has 1 aromatic heterocycles. The zero-order valence-corrected chi connectivity index (χ0v) is 9.88. The lowest BCUT2D eigenvalue weighted by molar-refractivity contribution is 0.534. The van der Waals surface area contributed by atoms with Crippen molar-refractivity contribution >= 4 is 0 Å². The molecule has 0 aliphatic carbocycles. The molecule has 0 aliphatic heterocycles. The van der Waals surface area contributed by atoms with Gasteiger partial charge in [0.2, 0.25) is 0 Å². The predicted molar refractivity (Wildman–Crippen MR) is 64.8 cm³/mol. The first-order valence-corrected chi connectivity index (χ1v) is 5.37. The topological polar surface area (TPSA) is 24.9 Å². The lowest BCUT2D eigenvalue weighted by Gasteiger charge is -2.15. The van der Waals surface area contributed by atoms with Crippen LogP contribution >= 0.6 is 0 Å². The molecule has 0 fully saturated rings. The molecule has 2 nitrogen and oxygen atoms in total. The van der Waals surface area contributed by atoms with Crippen molar-refractivity contribution in [2.75, 3.05) is 7.05 Å². The Morgan fingerprint density at radius 2 is 2.33 bits per heavy atom. The molecule has 0 aromatic carbocycles. The highest BCUT2D eigenvalue weighted by Crippen LogP contribution is 2.18. The number of pyridine rings is 1. The second kappa shape index (κ2) is 5.66. The molecule has 0 spiro atoms. The van der Waals surface area contributed by atoms with Crippen LogP contribution in [0.2, 0.25) is 0 Å². The summed E-state index contributed by atoms with van der Waals surface area (Å²) in [5.41, 5.74) is 3.61. The Kier molecular flexibility index (Phi) is 4.50. The highest BCUT2D eigenvalue weighted by molar-refractivity contribution is 5.17. The van der Waals surface area contributed by atoms with Gasteiger partial charge in [0.1, 0.15) is 0 Å². The lowest BCUT2D eigenvalue weighted by Crippen LogP contribution is -2.17. The standard InChI is InChI=1S/C13H20N2/c1-10(2)5-6-12(14-4)13-9-11(3)7-8-15-13/h7-9,12,14H,1,5-6H2,2-4H3. The molecular weight excluding hydrogens is 184 g/mol. The summed E-state index contributed by atoms with van der Waals surface area (Å²) >= 11 is 0. The van der Waals surface area contributed by atoms with Crippen molar-refractivity contribution in [3.05, 3.63) is 41.7 Å². The number of nitrogens with one attached hydrogen (secondary N) is 1. The van der Waals surface area contributed by atoms with Gasteiger partial charge < -0.3 is 5.32 Å². The van der Waals surface area contributed by atoms with Gasteiger partial charge in [-0.15, -0.1) is 6.58 Å². The number of aryl methyl sites for hydroxylation is 1. The molecule has 1 unspecified atom stereocenters. The molecule has 1 rings (SSSR count). The summed E-state index contributed by atoms with van der Waals surface area (Å²) in [5, 5.41) is 3.30. The van der Waals surface area contributed by atoms with Crippen LogP contribution < -0.4 is 5.32 Å². The fourth-order valence-corrected chi connectivity index (χ4v) is 1.58. The van der Waals surface area contributed by atoms with Crippen molar-refractivity contribution in [1.29, 1.82) is 0 Å². The summed E-state index contributed by atoms with van der Waals surface area (Å²) in [6, 6.07) is 4.50. The van der Waals surface area contributed by atoms with Gasteiger partial charge in [0.25, 0.3) is 0 Å². The van der Waals surface area contributed by atoms with E-state index in [4.69, 9.17) is 0 Å². The van der Waals surface area contributed by atoms with E-state index in [1.165, 1.54) is 11.1 Å². The lowest BCUT2D eigenvalue weighted by atomic mass is 10.0. The van der Waals surface area contributed by atoms with Crippen molar-refractivity contribution in [2.24, 2.45) is 0 Å². The van der Waals surface area contributed by atoms with Gasteiger partial charge in [0.15, 0.2) is 0 Å². The molecule has 0 amide bonds. The number of hydrogen-bond donors (Lipinski definition) is 1. The number of rotatable bonds is 5. The van der Waals surface area contributed by atoms with Gasteiger partial charge in [-0.05, 0) is 51.4 Å². The van der Waals surface area contributed by atoms with E-state index in [2.05, 4.69) is 36.8 Å². The average Bonchev–Trinajstić information content (AvgIpc) is 2.18. The van der Waals surface area contributed by atoms with Crippen LogP contribution in [-0.2, 0) is 0 Å². The van der Waals surface area contributed by atoms with Crippen LogP contribution in [0, 0.1) is 6.92 Å². The van der Waals surface area contributed by atoms with Crippen LogP contribution in [0.1, 0.15) is 37.1 Å². The van der Waals surface area contributed by atoms with Crippen molar-refractivity contribution in [1.82, 2.24) is 10.3 Å². The van der Waals surface area contributed by atoms with Crippen LogP contribution in [0.15, 0.2) is 30.5 Å². The third kappa shape index (κ3) is 3.84. The Bertz CT molecular complexity index is 331. The SMILES string of the molecule is C=C(C)CCC(NC)c1cc(C)ccn1. The van der Waals surface area contributed by atoms with Gasteiger partial charge in [0.05, 0.1) is 5.69 Å². The van der Waals surface area contributed by atoms with E-state index in [9.17, 15) is 0 Å². The Balaban J connectivity index is 2.69. The van der Waals surface area contributed by atoms with E-state index >= 15 is 0 Å². The Hall–Kier alpha value is -1.15. The Morgan fingerprint density at radius 3 is 2.87 bits per heavy atom. The minimum Gasteiger partial charge on any atom is -0.312 e. The van der Waals surface area contributed by atoms with E-state index in [-0.39, 0.29) is 0 Å². The van der Waals surface area contributed by atoms with Gasteiger partial charge >= 0.3 is 0 Å². The molecule has 0 aliphatic rings. The fourth-order valence-electron chi connectivity index (χ4n) is 1.58. The maximum Gasteiger partial charge on any atom is 0.0575 e. The molecular formula is C13H20N2.